The predicted molar refractivity (Wildman–Crippen MR) is 100 cm³/mol. The Morgan fingerprint density at radius 3 is 2.70 bits per heavy atom. The summed E-state index contributed by atoms with van der Waals surface area (Å²) in [6, 6.07) is 4.97. The summed E-state index contributed by atoms with van der Waals surface area (Å²) in [4.78, 5) is 25.7. The van der Waals surface area contributed by atoms with Gasteiger partial charge in [-0.3, -0.25) is 19.8 Å². The van der Waals surface area contributed by atoms with E-state index in [0.29, 0.717) is 12.3 Å². The number of hydrogen-bond acceptors (Lipinski definition) is 7. The highest BCUT2D eigenvalue weighted by molar-refractivity contribution is 7.88. The number of nitrogens with one attached hydrogen (secondary N) is 1. The van der Waals surface area contributed by atoms with Gasteiger partial charge in [-0.05, 0) is 37.4 Å². The Morgan fingerprint density at radius 1 is 1.41 bits per heavy atom. The zero-order valence-electron chi connectivity index (χ0n) is 14.8. The molecule has 2 heterocycles. The normalized spacial score (nSPS) is 16.7. The monoisotopic (exact) mass is 410 g/mol. The Bertz CT molecular complexity index is 942. The minimum Gasteiger partial charge on any atom is -0.460 e. The summed E-state index contributed by atoms with van der Waals surface area (Å²) < 4.78 is 30.2. The minimum absolute atomic E-state index is 0.0379. The number of sulfonamides is 1. The summed E-state index contributed by atoms with van der Waals surface area (Å²) >= 11 is 4.96. The van der Waals surface area contributed by atoms with Crippen molar-refractivity contribution in [2.45, 2.75) is 19.9 Å². The molecule has 144 valence electrons. The van der Waals surface area contributed by atoms with Gasteiger partial charge < -0.3 is 4.42 Å². The van der Waals surface area contributed by atoms with Crippen LogP contribution in [0.5, 0.6) is 0 Å². The van der Waals surface area contributed by atoms with Crippen molar-refractivity contribution in [1.29, 1.82) is 5.26 Å². The molecule has 2 rings (SSSR count). The molecule has 1 aromatic heterocycles. The van der Waals surface area contributed by atoms with Crippen LogP contribution in [0.1, 0.15) is 24.9 Å². The second kappa shape index (κ2) is 8.43. The van der Waals surface area contributed by atoms with Crippen molar-refractivity contribution in [3.05, 3.63) is 29.2 Å². The Hall–Kier alpha value is -2.55. The lowest BCUT2D eigenvalue weighted by molar-refractivity contribution is -0.128. The molecule has 1 aromatic rings. The molecule has 0 unspecified atom stereocenters. The Balaban J connectivity index is 2.23. The lowest BCUT2D eigenvalue weighted by Crippen LogP contribution is -2.53. The van der Waals surface area contributed by atoms with Gasteiger partial charge in [-0.1, -0.05) is 0 Å². The van der Waals surface area contributed by atoms with E-state index < -0.39 is 21.8 Å². The smallest absolute Gasteiger partial charge is 0.265 e. The quantitative estimate of drug-likeness (QED) is 0.397. The van der Waals surface area contributed by atoms with Gasteiger partial charge in [0.25, 0.3) is 11.8 Å². The molecule has 0 bridgehead atoms. The maximum Gasteiger partial charge on any atom is 0.265 e. The third kappa shape index (κ3) is 5.00. The summed E-state index contributed by atoms with van der Waals surface area (Å²) in [5.41, 5.74) is -0.129. The van der Waals surface area contributed by atoms with Gasteiger partial charge in [-0.15, -0.1) is 0 Å². The third-order valence-corrected chi connectivity index (χ3v) is 5.32. The van der Waals surface area contributed by atoms with E-state index in [1.165, 1.54) is 17.0 Å². The van der Waals surface area contributed by atoms with Gasteiger partial charge in [0.15, 0.2) is 5.11 Å². The Kier molecular flexibility index (Phi) is 6.48. The van der Waals surface area contributed by atoms with Crippen LogP contribution in [0.3, 0.4) is 0 Å². The fourth-order valence-electron chi connectivity index (χ4n) is 2.39. The van der Waals surface area contributed by atoms with Crippen LogP contribution in [0.25, 0.3) is 6.08 Å². The van der Waals surface area contributed by atoms with Gasteiger partial charge in [0.2, 0.25) is 10.0 Å². The largest absolute Gasteiger partial charge is 0.460 e. The van der Waals surface area contributed by atoms with E-state index in [2.05, 4.69) is 5.32 Å². The number of rotatable bonds is 7. The van der Waals surface area contributed by atoms with E-state index >= 15 is 0 Å². The highest BCUT2D eigenvalue weighted by Gasteiger charge is 2.32. The number of thiocarbonyl (C=S) groups is 1. The summed E-state index contributed by atoms with van der Waals surface area (Å²) in [5.74, 6) is -0.617. The maximum atomic E-state index is 12.4. The van der Waals surface area contributed by atoms with Crippen LogP contribution < -0.4 is 5.32 Å². The first-order chi connectivity index (χ1) is 12.7. The number of furan rings is 1. The molecule has 1 aliphatic heterocycles. The van der Waals surface area contributed by atoms with E-state index in [1.807, 2.05) is 6.07 Å². The lowest BCUT2D eigenvalue weighted by Gasteiger charge is -2.27. The maximum absolute atomic E-state index is 12.4. The molecule has 0 aromatic carbocycles. The van der Waals surface area contributed by atoms with Crippen LogP contribution in [-0.4, -0.2) is 53.9 Å². The van der Waals surface area contributed by atoms with Crippen molar-refractivity contribution >= 4 is 45.2 Å². The molecule has 1 aliphatic rings. The summed E-state index contributed by atoms with van der Waals surface area (Å²) in [5, 5.41) is 11.1. The highest BCUT2D eigenvalue weighted by Crippen LogP contribution is 2.18. The Morgan fingerprint density at radius 2 is 2.11 bits per heavy atom. The van der Waals surface area contributed by atoms with Crippen molar-refractivity contribution in [1.82, 2.24) is 14.5 Å². The SMILES string of the molecule is CCN1C(=O)/C(=C/c2ccc(CN(CCC#N)S(C)(=O)=O)o2)C(=O)NC1=S. The lowest BCUT2D eigenvalue weighted by atomic mass is 10.1. The molecule has 1 fully saturated rings. The molecule has 0 radical (unpaired) electrons. The van der Waals surface area contributed by atoms with Crippen LogP contribution in [0.4, 0.5) is 0 Å². The van der Waals surface area contributed by atoms with Crippen molar-refractivity contribution in [3.63, 3.8) is 0 Å². The number of nitrogens with zero attached hydrogens (tertiary/aromatic N) is 3. The molecule has 1 saturated heterocycles. The second-order valence-electron chi connectivity index (χ2n) is 5.68. The van der Waals surface area contributed by atoms with Crippen molar-refractivity contribution in [2.75, 3.05) is 19.3 Å². The molecule has 0 aliphatic carbocycles. The molecular weight excluding hydrogens is 392 g/mol. The number of amides is 2. The van der Waals surface area contributed by atoms with Gasteiger partial charge in [0.1, 0.15) is 17.1 Å². The van der Waals surface area contributed by atoms with E-state index in [4.69, 9.17) is 21.9 Å². The van der Waals surface area contributed by atoms with Crippen LogP contribution >= 0.6 is 12.2 Å². The molecular formula is C16H18N4O5S2. The number of likely N-dealkylation sites (N-methyl/N-ethyl adjacent to an activating group) is 1. The predicted octanol–water partition coefficient (Wildman–Crippen LogP) is 0.601. The van der Waals surface area contributed by atoms with Gasteiger partial charge >= 0.3 is 0 Å². The summed E-state index contributed by atoms with van der Waals surface area (Å²) in [6.45, 7) is 2.01. The number of hydrogen-bond donors (Lipinski definition) is 1. The zero-order chi connectivity index (χ0) is 20.2. The molecule has 27 heavy (non-hydrogen) atoms. The molecule has 2 amide bonds. The number of carbonyl (C=O) groups excluding carboxylic acids is 2. The van der Waals surface area contributed by atoms with Crippen LogP contribution in [-0.2, 0) is 26.2 Å². The average molecular weight is 410 g/mol. The topological polar surface area (TPSA) is 124 Å². The number of carbonyl (C=O) groups is 2. The van der Waals surface area contributed by atoms with Crippen molar-refractivity contribution in [2.24, 2.45) is 0 Å². The molecule has 0 saturated carbocycles. The van der Waals surface area contributed by atoms with Crippen LogP contribution in [0.15, 0.2) is 22.1 Å². The average Bonchev–Trinajstić information content (AvgIpc) is 3.02. The van der Waals surface area contributed by atoms with Gasteiger partial charge in [-0.2, -0.15) is 9.57 Å². The molecule has 0 spiro atoms. The van der Waals surface area contributed by atoms with Crippen molar-refractivity contribution in [3.8, 4) is 6.07 Å². The third-order valence-electron chi connectivity index (χ3n) is 3.75. The van der Waals surface area contributed by atoms with Gasteiger partial charge in [0, 0.05) is 19.5 Å². The van der Waals surface area contributed by atoms with E-state index in [0.717, 1.165) is 10.6 Å². The zero-order valence-corrected chi connectivity index (χ0v) is 16.4. The highest BCUT2D eigenvalue weighted by atomic mass is 32.2. The summed E-state index contributed by atoms with van der Waals surface area (Å²) in [7, 11) is -3.52. The Labute approximate surface area is 162 Å². The van der Waals surface area contributed by atoms with Crippen molar-refractivity contribution < 1.29 is 22.4 Å². The minimum atomic E-state index is -3.52. The summed E-state index contributed by atoms with van der Waals surface area (Å²) in [6.07, 6.45) is 2.38. The van der Waals surface area contributed by atoms with E-state index in [-0.39, 0.29) is 36.0 Å². The van der Waals surface area contributed by atoms with Gasteiger partial charge in [-0.25, -0.2) is 8.42 Å². The fourth-order valence-corrected chi connectivity index (χ4v) is 3.48. The van der Waals surface area contributed by atoms with E-state index in [1.54, 1.807) is 13.0 Å². The van der Waals surface area contributed by atoms with E-state index in [9.17, 15) is 18.0 Å². The first-order valence-electron chi connectivity index (χ1n) is 7.97. The second-order valence-corrected chi connectivity index (χ2v) is 8.04. The first-order valence-corrected chi connectivity index (χ1v) is 10.2. The fraction of sp³-hybridized carbons (Fsp3) is 0.375. The first kappa shape index (κ1) is 20.8. The standard InChI is InChI=1S/C16H18N4O5S2/c1-3-20-15(22)13(14(21)18-16(20)26)9-11-5-6-12(25-11)10-19(8-4-7-17)27(2,23)24/h5-6,9H,3-4,8,10H2,1-2H3,(H,18,21,26)/b13-9+. The molecule has 1 N–H and O–H groups in total. The molecule has 11 heteroatoms. The molecule has 0 atom stereocenters. The molecule has 9 nitrogen and oxygen atoms in total. The van der Waals surface area contributed by atoms with Crippen LogP contribution in [0, 0.1) is 11.3 Å². The number of nitriles is 1. The van der Waals surface area contributed by atoms with Gasteiger partial charge in [0.05, 0.1) is 18.9 Å². The van der Waals surface area contributed by atoms with Crippen LogP contribution in [0.2, 0.25) is 0 Å².